The van der Waals surface area contributed by atoms with E-state index in [1.807, 2.05) is 90.7 Å². The predicted molar refractivity (Wildman–Crippen MR) is 144 cm³/mol. The predicted octanol–water partition coefficient (Wildman–Crippen LogP) is 5.88. The molecule has 2 atom stereocenters. The number of benzene rings is 2. The zero-order valence-corrected chi connectivity index (χ0v) is 20.8. The highest BCUT2D eigenvalue weighted by molar-refractivity contribution is 7.80. The normalized spacial score (nSPS) is 17.1. The van der Waals surface area contributed by atoms with E-state index in [9.17, 15) is 4.79 Å². The number of ether oxygens (including phenoxy) is 1. The third kappa shape index (κ3) is 4.81. The van der Waals surface area contributed by atoms with Gasteiger partial charge >= 0.3 is 0 Å². The Morgan fingerprint density at radius 1 is 1.08 bits per heavy atom. The zero-order valence-electron chi connectivity index (χ0n) is 20.0. The summed E-state index contributed by atoms with van der Waals surface area (Å²) in [6.45, 7) is 4.07. The minimum atomic E-state index is -0.268. The molecule has 1 aliphatic rings. The largest absolute Gasteiger partial charge is 0.494 e. The summed E-state index contributed by atoms with van der Waals surface area (Å²) in [6.07, 6.45) is 1.77. The van der Waals surface area contributed by atoms with Gasteiger partial charge in [0.05, 0.1) is 18.3 Å². The quantitative estimate of drug-likeness (QED) is 0.308. The molecule has 1 aliphatic heterocycles. The van der Waals surface area contributed by atoms with Crippen LogP contribution in [0.2, 0.25) is 0 Å². The van der Waals surface area contributed by atoms with Gasteiger partial charge in [-0.25, -0.2) is 0 Å². The number of carbonyl (C=O) groups excluding carboxylic acids is 1. The van der Waals surface area contributed by atoms with E-state index in [4.69, 9.17) is 21.4 Å². The van der Waals surface area contributed by atoms with Crippen LogP contribution < -0.4 is 20.3 Å². The number of nitrogens with one attached hydrogen (secondary N) is 2. The fourth-order valence-corrected chi connectivity index (χ4v) is 4.73. The molecule has 7 nitrogen and oxygen atoms in total. The lowest BCUT2D eigenvalue weighted by Gasteiger charge is -2.26. The zero-order chi connectivity index (χ0) is 25.1. The summed E-state index contributed by atoms with van der Waals surface area (Å²) in [5.74, 6) is 2.22. The lowest BCUT2D eigenvalue weighted by molar-refractivity contribution is -0.114. The first-order valence-electron chi connectivity index (χ1n) is 11.7. The Balaban J connectivity index is 1.51. The Morgan fingerprint density at radius 3 is 2.53 bits per heavy atom. The van der Waals surface area contributed by atoms with Crippen molar-refractivity contribution in [3.8, 4) is 17.1 Å². The second-order valence-electron chi connectivity index (χ2n) is 8.38. The average Bonchev–Trinajstić information content (AvgIpc) is 3.50. The monoisotopic (exact) mass is 498 g/mol. The topological polar surface area (TPSA) is 79.6 Å². The van der Waals surface area contributed by atoms with Crippen molar-refractivity contribution < 1.29 is 13.9 Å². The van der Waals surface area contributed by atoms with Gasteiger partial charge in [0.1, 0.15) is 23.3 Å². The highest BCUT2D eigenvalue weighted by atomic mass is 32.1. The van der Waals surface area contributed by atoms with Crippen LogP contribution in [0, 0.1) is 0 Å². The van der Waals surface area contributed by atoms with Gasteiger partial charge in [0.2, 0.25) is 5.91 Å². The van der Waals surface area contributed by atoms with E-state index < -0.39 is 0 Å². The molecule has 1 saturated heterocycles. The van der Waals surface area contributed by atoms with Gasteiger partial charge in [-0.1, -0.05) is 6.07 Å². The maximum atomic E-state index is 11.4. The molecule has 0 aliphatic carbocycles. The molecular weight excluding hydrogens is 472 g/mol. The number of hydrogen-bond acceptors (Lipinski definition) is 5. The van der Waals surface area contributed by atoms with Gasteiger partial charge in [0.25, 0.3) is 0 Å². The van der Waals surface area contributed by atoms with Crippen molar-refractivity contribution in [2.45, 2.75) is 25.9 Å². The van der Waals surface area contributed by atoms with E-state index in [0.717, 1.165) is 39.9 Å². The summed E-state index contributed by atoms with van der Waals surface area (Å²) in [7, 11) is 0. The van der Waals surface area contributed by atoms with Crippen LogP contribution in [0.4, 0.5) is 11.4 Å². The molecule has 0 spiro atoms. The fourth-order valence-electron chi connectivity index (χ4n) is 4.38. The van der Waals surface area contributed by atoms with Gasteiger partial charge in [-0.2, -0.15) is 0 Å². The third-order valence-corrected chi connectivity index (χ3v) is 6.25. The molecule has 3 heterocycles. The van der Waals surface area contributed by atoms with Crippen molar-refractivity contribution in [1.82, 2.24) is 10.3 Å². The van der Waals surface area contributed by atoms with Crippen molar-refractivity contribution in [3.05, 3.63) is 96.5 Å². The van der Waals surface area contributed by atoms with Crippen LogP contribution in [0.25, 0.3) is 11.3 Å². The number of amides is 1. The van der Waals surface area contributed by atoms with E-state index in [0.29, 0.717) is 11.7 Å². The second kappa shape index (κ2) is 10.2. The number of nitrogens with zero attached hydrogens (tertiary/aromatic N) is 2. The van der Waals surface area contributed by atoms with E-state index in [-0.39, 0.29) is 18.0 Å². The maximum Gasteiger partial charge on any atom is 0.221 e. The van der Waals surface area contributed by atoms with E-state index >= 15 is 0 Å². The van der Waals surface area contributed by atoms with Crippen LogP contribution in [-0.4, -0.2) is 22.6 Å². The van der Waals surface area contributed by atoms with Crippen LogP contribution in [0.5, 0.6) is 5.75 Å². The van der Waals surface area contributed by atoms with Crippen molar-refractivity contribution >= 4 is 34.6 Å². The van der Waals surface area contributed by atoms with Crippen LogP contribution in [0.3, 0.4) is 0 Å². The first kappa shape index (κ1) is 23.6. The number of rotatable bonds is 7. The molecule has 0 radical (unpaired) electrons. The van der Waals surface area contributed by atoms with Crippen molar-refractivity contribution in [2.24, 2.45) is 0 Å². The Bertz CT molecular complexity index is 1350. The highest BCUT2D eigenvalue weighted by Gasteiger charge is 2.42. The second-order valence-corrected chi connectivity index (χ2v) is 8.77. The molecular formula is C28H26N4O3S. The molecule has 1 amide bonds. The summed E-state index contributed by atoms with van der Waals surface area (Å²) in [5.41, 5.74) is 3.42. The van der Waals surface area contributed by atoms with Crippen molar-refractivity contribution in [3.63, 3.8) is 0 Å². The number of pyridine rings is 1. The Hall–Kier alpha value is -4.17. The highest BCUT2D eigenvalue weighted by Crippen LogP contribution is 2.43. The van der Waals surface area contributed by atoms with Gasteiger partial charge in [-0.15, -0.1) is 0 Å². The molecule has 4 aromatic rings. The summed E-state index contributed by atoms with van der Waals surface area (Å²) in [6, 6.07) is 24.7. The molecule has 8 heteroatoms. The fraction of sp³-hybridized carbons (Fsp3) is 0.179. The third-order valence-electron chi connectivity index (χ3n) is 5.93. The van der Waals surface area contributed by atoms with Gasteiger partial charge < -0.3 is 24.7 Å². The Kier molecular flexibility index (Phi) is 6.69. The van der Waals surface area contributed by atoms with E-state index in [2.05, 4.69) is 15.6 Å². The molecule has 0 unspecified atom stereocenters. The van der Waals surface area contributed by atoms with Gasteiger partial charge in [0, 0.05) is 30.1 Å². The molecule has 182 valence electrons. The molecule has 2 aromatic carbocycles. The van der Waals surface area contributed by atoms with Crippen LogP contribution >= 0.6 is 12.2 Å². The van der Waals surface area contributed by atoms with Crippen molar-refractivity contribution in [1.29, 1.82) is 0 Å². The Morgan fingerprint density at radius 2 is 1.86 bits per heavy atom. The van der Waals surface area contributed by atoms with E-state index in [1.54, 1.807) is 6.20 Å². The first-order chi connectivity index (χ1) is 17.5. The lowest BCUT2D eigenvalue weighted by atomic mass is 10.0. The number of carbonyl (C=O) groups is 1. The summed E-state index contributed by atoms with van der Waals surface area (Å²) in [4.78, 5) is 18.1. The molecule has 0 saturated carbocycles. The summed E-state index contributed by atoms with van der Waals surface area (Å²) >= 11 is 5.78. The van der Waals surface area contributed by atoms with Gasteiger partial charge in [-0.05, 0) is 91.9 Å². The van der Waals surface area contributed by atoms with Crippen molar-refractivity contribution in [2.75, 3.05) is 16.8 Å². The van der Waals surface area contributed by atoms with Crippen LogP contribution in [0.1, 0.15) is 37.4 Å². The number of furan rings is 1. The SMILES string of the molecule is CCOc1ccc(-c2ccc([C@H]3[C@@H](c4ccccn4)NC(=S)N3c3ccc(NC(C)=O)cc3)o2)cc1. The number of hydrogen-bond donors (Lipinski definition) is 2. The van der Waals surface area contributed by atoms with Gasteiger partial charge in [0.15, 0.2) is 5.11 Å². The molecule has 36 heavy (non-hydrogen) atoms. The molecule has 5 rings (SSSR count). The summed E-state index contributed by atoms with van der Waals surface area (Å²) in [5, 5.41) is 6.81. The van der Waals surface area contributed by atoms with Gasteiger partial charge in [-0.3, -0.25) is 9.78 Å². The molecule has 2 N–H and O–H groups in total. The average molecular weight is 499 g/mol. The Labute approximate surface area is 215 Å². The standard InChI is InChI=1S/C28H26N4O3S/c1-3-34-22-13-7-19(8-14-22)24-15-16-25(35-24)27-26(23-6-4-5-17-29-23)31-28(36)32(27)21-11-9-20(10-12-21)30-18(2)33/h4-17,26-27H,3H2,1-2H3,(H,30,33)(H,31,36)/t26-,27+/m1/s1. The number of aromatic nitrogens is 1. The van der Waals surface area contributed by atoms with Crippen LogP contribution in [0.15, 0.2) is 89.5 Å². The smallest absolute Gasteiger partial charge is 0.221 e. The first-order valence-corrected chi connectivity index (χ1v) is 12.2. The minimum absolute atomic E-state index is 0.119. The molecule has 1 fully saturated rings. The number of thiocarbonyl (C=S) groups is 1. The van der Waals surface area contributed by atoms with Crippen LogP contribution in [-0.2, 0) is 4.79 Å². The maximum absolute atomic E-state index is 11.4. The molecule has 0 bridgehead atoms. The number of anilines is 2. The lowest BCUT2D eigenvalue weighted by Crippen LogP contribution is -2.29. The molecule has 2 aromatic heterocycles. The minimum Gasteiger partial charge on any atom is -0.494 e. The summed E-state index contributed by atoms with van der Waals surface area (Å²) < 4.78 is 12.0. The van der Waals surface area contributed by atoms with E-state index in [1.165, 1.54) is 6.92 Å².